The van der Waals surface area contributed by atoms with Crippen LogP contribution in [0.4, 0.5) is 0 Å². The molecule has 5 rings (SSSR count). The number of imidazole rings is 1. The number of hydrogen-bond acceptors (Lipinski definition) is 6. The Morgan fingerprint density at radius 2 is 2.19 bits per heavy atom. The number of halogens is 2. The summed E-state index contributed by atoms with van der Waals surface area (Å²) in [6, 6.07) is 5.58. The van der Waals surface area contributed by atoms with Crippen molar-refractivity contribution in [3.8, 4) is 11.6 Å². The molecule has 0 bridgehead atoms. The number of ether oxygens (including phenoxy) is 1. The first-order chi connectivity index (χ1) is 15.1. The first-order valence-corrected chi connectivity index (χ1v) is 11.1. The Kier molecular flexibility index (Phi) is 5.45. The van der Waals surface area contributed by atoms with Gasteiger partial charge in [-0.15, -0.1) is 5.10 Å². The van der Waals surface area contributed by atoms with Crippen molar-refractivity contribution in [3.05, 3.63) is 57.7 Å². The average Bonchev–Trinajstić information content (AvgIpc) is 3.24. The number of pyridine rings is 1. The molecule has 1 aliphatic rings. The van der Waals surface area contributed by atoms with Crippen LogP contribution in [-0.4, -0.2) is 35.7 Å². The number of aromatic amines is 1. The third kappa shape index (κ3) is 4.33. The molecule has 1 aliphatic carbocycles. The van der Waals surface area contributed by atoms with E-state index in [0.717, 1.165) is 23.1 Å². The summed E-state index contributed by atoms with van der Waals surface area (Å²) < 4.78 is 8.75. The highest BCUT2D eigenvalue weighted by Gasteiger charge is 2.24. The average molecular weight is 502 g/mol. The van der Waals surface area contributed by atoms with E-state index in [1.165, 1.54) is 19.0 Å². The van der Waals surface area contributed by atoms with Gasteiger partial charge in [-0.25, -0.2) is 14.6 Å². The van der Waals surface area contributed by atoms with E-state index in [-0.39, 0.29) is 12.2 Å². The second-order valence-corrected chi connectivity index (χ2v) is 8.77. The lowest BCUT2D eigenvalue weighted by Crippen LogP contribution is -2.05. The highest BCUT2D eigenvalue weighted by Crippen LogP contribution is 2.37. The molecule has 0 radical (unpaired) electrons. The maximum Gasteiger partial charge on any atom is 0.222 e. The van der Waals surface area contributed by atoms with Crippen LogP contribution in [-0.2, 0) is 13.0 Å². The maximum atomic E-state index is 12.3. The summed E-state index contributed by atoms with van der Waals surface area (Å²) >= 11 is 9.74. The Hall–Kier alpha value is -2.78. The maximum absolute atomic E-state index is 12.3. The lowest BCUT2D eigenvalue weighted by atomic mass is 10.1. The zero-order valence-electron chi connectivity index (χ0n) is 16.4. The molecule has 31 heavy (non-hydrogen) atoms. The van der Waals surface area contributed by atoms with Crippen LogP contribution in [0.5, 0.6) is 11.6 Å². The normalized spacial score (nSPS) is 13.6. The number of ketones is 1. The van der Waals surface area contributed by atoms with E-state index < -0.39 is 0 Å². The number of carbonyl (C=O) groups is 1. The molecule has 0 aliphatic heterocycles. The first kappa shape index (κ1) is 20.1. The summed E-state index contributed by atoms with van der Waals surface area (Å²) in [4.78, 5) is 23.5. The van der Waals surface area contributed by atoms with Crippen LogP contribution in [0, 0.1) is 5.92 Å². The van der Waals surface area contributed by atoms with Crippen LogP contribution in [0.25, 0.3) is 11.0 Å². The van der Waals surface area contributed by atoms with Gasteiger partial charge in [0, 0.05) is 37.1 Å². The Morgan fingerprint density at radius 3 is 2.97 bits per heavy atom. The third-order valence-electron chi connectivity index (χ3n) is 5.20. The molecule has 0 saturated heterocycles. The van der Waals surface area contributed by atoms with E-state index in [2.05, 4.69) is 41.2 Å². The van der Waals surface area contributed by atoms with Crippen LogP contribution in [0.15, 0.2) is 41.3 Å². The quantitative estimate of drug-likeness (QED) is 0.342. The van der Waals surface area contributed by atoms with E-state index in [1.807, 2.05) is 16.8 Å². The van der Waals surface area contributed by atoms with Crippen molar-refractivity contribution in [1.29, 1.82) is 0 Å². The fourth-order valence-electron chi connectivity index (χ4n) is 3.37. The van der Waals surface area contributed by atoms with Crippen LogP contribution in [0.2, 0.25) is 5.02 Å². The molecular weight excluding hydrogens is 484 g/mol. The number of fused-ring (bicyclic) bond motifs is 1. The van der Waals surface area contributed by atoms with Gasteiger partial charge >= 0.3 is 0 Å². The van der Waals surface area contributed by atoms with Gasteiger partial charge in [0.2, 0.25) is 5.88 Å². The van der Waals surface area contributed by atoms with E-state index >= 15 is 0 Å². The number of rotatable bonds is 8. The van der Waals surface area contributed by atoms with Gasteiger partial charge in [0.05, 0.1) is 15.0 Å². The van der Waals surface area contributed by atoms with Crippen LogP contribution in [0.1, 0.15) is 35.4 Å². The minimum Gasteiger partial charge on any atom is -0.437 e. The number of aryl methyl sites for hydroxylation is 1. The van der Waals surface area contributed by atoms with Crippen LogP contribution < -0.4 is 4.74 Å². The number of hydrogen-bond donors (Lipinski definition) is 1. The third-order valence-corrected chi connectivity index (χ3v) is 6.17. The fourth-order valence-corrected chi connectivity index (χ4v) is 4.05. The number of Topliss-reactive ketones (excluding diaryl/α,β-unsaturated/α-hetero) is 1. The minimum absolute atomic E-state index is 0.0918. The topological polar surface area (TPSA) is 98.6 Å². The van der Waals surface area contributed by atoms with Crippen molar-refractivity contribution < 1.29 is 9.53 Å². The van der Waals surface area contributed by atoms with E-state index in [9.17, 15) is 4.79 Å². The largest absolute Gasteiger partial charge is 0.437 e. The van der Waals surface area contributed by atoms with Gasteiger partial charge in [0.25, 0.3) is 0 Å². The molecule has 1 fully saturated rings. The molecule has 10 heteroatoms. The molecular formula is C21H18BrClN6O2. The highest BCUT2D eigenvalue weighted by atomic mass is 79.9. The lowest BCUT2D eigenvalue weighted by Gasteiger charge is -2.12. The summed E-state index contributed by atoms with van der Waals surface area (Å²) in [7, 11) is 0. The molecule has 3 heterocycles. The molecule has 1 saturated carbocycles. The van der Waals surface area contributed by atoms with Crippen molar-refractivity contribution in [2.45, 2.75) is 32.2 Å². The van der Waals surface area contributed by atoms with Gasteiger partial charge in [-0.05, 0) is 59.3 Å². The van der Waals surface area contributed by atoms with E-state index in [0.29, 0.717) is 39.3 Å². The van der Waals surface area contributed by atoms with E-state index in [4.69, 9.17) is 16.3 Å². The van der Waals surface area contributed by atoms with Gasteiger partial charge in [-0.2, -0.15) is 0 Å². The number of nitrogens with zero attached hydrogens (tertiary/aromatic N) is 5. The van der Waals surface area contributed by atoms with E-state index in [1.54, 1.807) is 18.5 Å². The SMILES string of the molecule is O=C(CCc1cc(Cl)cnc1Oc1ccc2c(nnn2CC2CC2)c1Br)c1ncc[nH]1. The predicted octanol–water partition coefficient (Wildman–Crippen LogP) is 4.98. The van der Waals surface area contributed by atoms with Gasteiger partial charge in [-0.3, -0.25) is 4.79 Å². The summed E-state index contributed by atoms with van der Waals surface area (Å²) in [6.07, 6.45) is 7.86. The molecule has 1 N–H and O–H groups in total. The van der Waals surface area contributed by atoms with Crippen molar-refractivity contribution in [1.82, 2.24) is 29.9 Å². The monoisotopic (exact) mass is 500 g/mol. The Bertz CT molecular complexity index is 1250. The minimum atomic E-state index is -0.0918. The zero-order valence-corrected chi connectivity index (χ0v) is 18.7. The fraction of sp³-hybridized carbons (Fsp3) is 0.286. The molecule has 8 nitrogen and oxygen atoms in total. The standard InChI is InChI=1S/C21H18BrClN6O2/c22-18-17(6-4-15-19(18)27-28-29(15)11-12-1-2-12)31-21-13(9-14(23)10-26-21)3-5-16(30)20-24-7-8-25-20/h4,6-10,12H,1-3,5,11H2,(H,24,25). The lowest BCUT2D eigenvalue weighted by molar-refractivity contribution is 0.0973. The molecule has 1 aromatic carbocycles. The first-order valence-electron chi connectivity index (χ1n) is 9.95. The van der Waals surface area contributed by atoms with Gasteiger partial charge < -0.3 is 9.72 Å². The Balaban J connectivity index is 1.38. The van der Waals surface area contributed by atoms with Gasteiger partial charge in [0.1, 0.15) is 11.3 Å². The summed E-state index contributed by atoms with van der Waals surface area (Å²) in [6.45, 7) is 0.885. The number of H-pyrrole nitrogens is 1. The number of carbonyl (C=O) groups excluding carboxylic acids is 1. The second kappa shape index (κ2) is 8.39. The van der Waals surface area contributed by atoms with Crippen molar-refractivity contribution in [2.24, 2.45) is 5.92 Å². The molecule has 4 aromatic rings. The number of nitrogens with one attached hydrogen (secondary N) is 1. The van der Waals surface area contributed by atoms with Crippen molar-refractivity contribution >= 4 is 44.3 Å². The van der Waals surface area contributed by atoms with Crippen LogP contribution >= 0.6 is 27.5 Å². The zero-order chi connectivity index (χ0) is 21.4. The summed E-state index contributed by atoms with van der Waals surface area (Å²) in [5, 5.41) is 9.08. The Labute approximate surface area is 191 Å². The predicted molar refractivity (Wildman–Crippen MR) is 119 cm³/mol. The summed E-state index contributed by atoms with van der Waals surface area (Å²) in [5.74, 6) is 1.90. The van der Waals surface area contributed by atoms with Crippen molar-refractivity contribution in [3.63, 3.8) is 0 Å². The van der Waals surface area contributed by atoms with Gasteiger partial charge in [-0.1, -0.05) is 16.8 Å². The molecule has 0 amide bonds. The molecule has 3 aromatic heterocycles. The molecule has 0 spiro atoms. The molecule has 0 unspecified atom stereocenters. The Morgan fingerprint density at radius 1 is 1.32 bits per heavy atom. The molecule has 0 atom stereocenters. The second-order valence-electron chi connectivity index (χ2n) is 7.54. The van der Waals surface area contributed by atoms with Gasteiger partial charge in [0.15, 0.2) is 11.6 Å². The highest BCUT2D eigenvalue weighted by molar-refractivity contribution is 9.10. The molecule has 158 valence electrons. The van der Waals surface area contributed by atoms with Crippen LogP contribution in [0.3, 0.4) is 0 Å². The number of aromatic nitrogens is 6. The van der Waals surface area contributed by atoms with Crippen molar-refractivity contribution in [2.75, 3.05) is 0 Å². The summed E-state index contributed by atoms with van der Waals surface area (Å²) in [5.41, 5.74) is 2.43. The smallest absolute Gasteiger partial charge is 0.222 e. The number of benzene rings is 1.